The number of benzene rings is 1. The molecule has 3 rings (SSSR count). The van der Waals surface area contributed by atoms with Crippen LogP contribution in [0, 0.1) is 11.8 Å². The van der Waals surface area contributed by atoms with Crippen LogP contribution in [0.1, 0.15) is 57.9 Å². The first-order chi connectivity index (χ1) is 11.7. The van der Waals surface area contributed by atoms with E-state index >= 15 is 0 Å². The van der Waals surface area contributed by atoms with Crippen LogP contribution in [0.2, 0.25) is 0 Å². The third kappa shape index (κ3) is 4.10. The summed E-state index contributed by atoms with van der Waals surface area (Å²) < 4.78 is 0. The quantitative estimate of drug-likeness (QED) is 0.575. The summed E-state index contributed by atoms with van der Waals surface area (Å²) in [5.41, 5.74) is 2.88. The Balaban J connectivity index is 1.75. The Kier molecular flexibility index (Phi) is 6.13. The molecule has 2 heteroatoms. The average Bonchev–Trinajstić information content (AvgIpc) is 2.93. The minimum Gasteiger partial charge on any atom is -0.391 e. The van der Waals surface area contributed by atoms with E-state index in [4.69, 9.17) is 0 Å². The molecular formula is C22H33NO. The summed E-state index contributed by atoms with van der Waals surface area (Å²) in [6.45, 7) is 6.60. The fourth-order valence-corrected chi connectivity index (χ4v) is 4.67. The van der Waals surface area contributed by atoms with Gasteiger partial charge in [0, 0.05) is 19.1 Å². The minimum atomic E-state index is -0.197. The molecule has 2 aliphatic rings. The van der Waals surface area contributed by atoms with Crippen molar-refractivity contribution in [2.45, 2.75) is 71.1 Å². The molecule has 132 valence electrons. The van der Waals surface area contributed by atoms with Gasteiger partial charge in [0.05, 0.1) is 6.10 Å². The zero-order valence-electron chi connectivity index (χ0n) is 15.3. The van der Waals surface area contributed by atoms with Gasteiger partial charge in [-0.25, -0.2) is 0 Å². The highest BCUT2D eigenvalue weighted by molar-refractivity contribution is 5.18. The first-order valence-corrected chi connectivity index (χ1v) is 9.82. The second-order valence-electron chi connectivity index (χ2n) is 7.86. The monoisotopic (exact) mass is 327 g/mol. The zero-order chi connectivity index (χ0) is 16.9. The number of fused-ring (bicyclic) bond motifs is 1. The van der Waals surface area contributed by atoms with E-state index in [1.165, 1.54) is 36.8 Å². The summed E-state index contributed by atoms with van der Waals surface area (Å²) in [6, 6.07) is 11.0. The Morgan fingerprint density at radius 1 is 1.21 bits per heavy atom. The van der Waals surface area contributed by atoms with E-state index in [1.807, 2.05) is 0 Å². The number of aliphatic hydroxyl groups excluding tert-OH is 1. The van der Waals surface area contributed by atoms with Crippen LogP contribution in [0.15, 0.2) is 42.0 Å². The average molecular weight is 328 g/mol. The van der Waals surface area contributed by atoms with Crippen LogP contribution < -0.4 is 0 Å². The van der Waals surface area contributed by atoms with Crippen molar-refractivity contribution in [3.05, 3.63) is 47.5 Å². The summed E-state index contributed by atoms with van der Waals surface area (Å²) in [5.74, 6) is 1.27. The highest BCUT2D eigenvalue weighted by atomic mass is 16.3. The van der Waals surface area contributed by atoms with Crippen molar-refractivity contribution in [1.29, 1.82) is 0 Å². The predicted octanol–water partition coefficient (Wildman–Crippen LogP) is 4.78. The Hall–Kier alpha value is -1.12. The molecule has 1 aliphatic heterocycles. The molecule has 1 fully saturated rings. The molecular weight excluding hydrogens is 294 g/mol. The summed E-state index contributed by atoms with van der Waals surface area (Å²) in [5, 5.41) is 11.0. The van der Waals surface area contributed by atoms with Gasteiger partial charge in [-0.3, -0.25) is 4.90 Å². The van der Waals surface area contributed by atoms with Crippen LogP contribution in [-0.2, 0) is 6.54 Å². The predicted molar refractivity (Wildman–Crippen MR) is 101 cm³/mol. The Morgan fingerprint density at radius 3 is 2.75 bits per heavy atom. The van der Waals surface area contributed by atoms with E-state index < -0.39 is 0 Å². The van der Waals surface area contributed by atoms with Gasteiger partial charge < -0.3 is 5.11 Å². The normalized spacial score (nSPS) is 28.5. The number of aliphatic hydroxyl groups is 1. The van der Waals surface area contributed by atoms with E-state index in [2.05, 4.69) is 55.2 Å². The number of hydrogen-bond donors (Lipinski definition) is 1. The topological polar surface area (TPSA) is 23.5 Å². The van der Waals surface area contributed by atoms with Gasteiger partial charge in [0.1, 0.15) is 0 Å². The van der Waals surface area contributed by atoms with Crippen molar-refractivity contribution >= 4 is 0 Å². The van der Waals surface area contributed by atoms with Gasteiger partial charge in [0.2, 0.25) is 0 Å². The zero-order valence-corrected chi connectivity index (χ0v) is 15.3. The van der Waals surface area contributed by atoms with E-state index in [0.717, 1.165) is 31.8 Å². The van der Waals surface area contributed by atoms with E-state index in [9.17, 15) is 5.11 Å². The van der Waals surface area contributed by atoms with Gasteiger partial charge in [0.15, 0.2) is 0 Å². The number of hydrogen-bond acceptors (Lipinski definition) is 2. The molecule has 1 saturated heterocycles. The van der Waals surface area contributed by atoms with Gasteiger partial charge in [-0.15, -0.1) is 0 Å². The lowest BCUT2D eigenvalue weighted by Crippen LogP contribution is -2.42. The molecule has 0 saturated carbocycles. The van der Waals surface area contributed by atoms with Crippen molar-refractivity contribution in [2.75, 3.05) is 6.54 Å². The molecule has 1 aliphatic carbocycles. The first-order valence-electron chi connectivity index (χ1n) is 9.82. The van der Waals surface area contributed by atoms with Gasteiger partial charge in [-0.05, 0) is 43.6 Å². The molecule has 4 atom stereocenters. The van der Waals surface area contributed by atoms with E-state index in [1.54, 1.807) is 0 Å². The number of likely N-dealkylation sites (tertiary alicyclic amines) is 1. The van der Waals surface area contributed by atoms with Crippen molar-refractivity contribution in [3.63, 3.8) is 0 Å². The van der Waals surface area contributed by atoms with Gasteiger partial charge in [-0.1, -0.05) is 68.2 Å². The number of rotatable bonds is 7. The summed E-state index contributed by atoms with van der Waals surface area (Å²) in [4.78, 5) is 2.57. The molecule has 1 heterocycles. The number of unbranched alkanes of at least 4 members (excludes halogenated alkanes) is 2. The second kappa shape index (κ2) is 8.31. The van der Waals surface area contributed by atoms with Gasteiger partial charge in [-0.2, -0.15) is 0 Å². The van der Waals surface area contributed by atoms with Crippen molar-refractivity contribution in [3.8, 4) is 0 Å². The fourth-order valence-electron chi connectivity index (χ4n) is 4.67. The molecule has 0 unspecified atom stereocenters. The number of nitrogens with zero attached hydrogens (tertiary/aromatic N) is 1. The molecule has 0 amide bonds. The molecule has 24 heavy (non-hydrogen) atoms. The highest BCUT2D eigenvalue weighted by Gasteiger charge is 2.44. The summed E-state index contributed by atoms with van der Waals surface area (Å²) in [7, 11) is 0. The molecule has 0 bridgehead atoms. The minimum absolute atomic E-state index is 0.197. The summed E-state index contributed by atoms with van der Waals surface area (Å²) >= 11 is 0. The molecule has 1 aromatic rings. The maximum Gasteiger partial charge on any atom is 0.0701 e. The lowest BCUT2D eigenvalue weighted by Gasteiger charge is -2.33. The Morgan fingerprint density at radius 2 is 2.00 bits per heavy atom. The largest absolute Gasteiger partial charge is 0.391 e. The number of allylic oxidation sites excluding steroid dienone is 1. The highest BCUT2D eigenvalue weighted by Crippen LogP contribution is 2.41. The molecule has 1 aromatic carbocycles. The smallest absolute Gasteiger partial charge is 0.0701 e. The van der Waals surface area contributed by atoms with Gasteiger partial charge in [0.25, 0.3) is 0 Å². The molecule has 1 N–H and O–H groups in total. The molecule has 0 aromatic heterocycles. The van der Waals surface area contributed by atoms with Crippen LogP contribution in [0.3, 0.4) is 0 Å². The third-order valence-corrected chi connectivity index (χ3v) is 5.94. The SMILES string of the molecule is CCCCC[C@H](O)[C@H]1[C@@H]2C=C(C)CC[C@@H]2CN1Cc1ccccc1. The van der Waals surface area contributed by atoms with Crippen LogP contribution in [0.25, 0.3) is 0 Å². The van der Waals surface area contributed by atoms with E-state index in [0.29, 0.717) is 12.0 Å². The first kappa shape index (κ1) is 17.7. The fraction of sp³-hybridized carbons (Fsp3) is 0.636. The van der Waals surface area contributed by atoms with Crippen LogP contribution >= 0.6 is 0 Å². The molecule has 0 spiro atoms. The van der Waals surface area contributed by atoms with Crippen molar-refractivity contribution in [2.24, 2.45) is 11.8 Å². The maximum atomic E-state index is 11.0. The maximum absolute atomic E-state index is 11.0. The lowest BCUT2D eigenvalue weighted by atomic mass is 9.78. The van der Waals surface area contributed by atoms with Crippen LogP contribution in [0.5, 0.6) is 0 Å². The van der Waals surface area contributed by atoms with E-state index in [-0.39, 0.29) is 6.10 Å². The third-order valence-electron chi connectivity index (χ3n) is 5.94. The van der Waals surface area contributed by atoms with Crippen LogP contribution in [-0.4, -0.2) is 28.7 Å². The second-order valence-corrected chi connectivity index (χ2v) is 7.86. The van der Waals surface area contributed by atoms with Crippen molar-refractivity contribution < 1.29 is 5.11 Å². The Labute approximate surface area is 147 Å². The van der Waals surface area contributed by atoms with Crippen LogP contribution in [0.4, 0.5) is 0 Å². The lowest BCUT2D eigenvalue weighted by molar-refractivity contribution is 0.0487. The Bertz CT molecular complexity index is 538. The molecule has 0 radical (unpaired) electrons. The summed E-state index contributed by atoms with van der Waals surface area (Å²) in [6.07, 6.45) is 9.34. The van der Waals surface area contributed by atoms with Gasteiger partial charge >= 0.3 is 0 Å². The molecule has 2 nitrogen and oxygen atoms in total. The van der Waals surface area contributed by atoms with Crippen molar-refractivity contribution in [1.82, 2.24) is 4.90 Å². The standard InChI is InChI=1S/C22H33NO/c1-3-4-6-11-21(24)22-20-14-17(2)12-13-19(20)16-23(22)15-18-9-7-5-8-10-18/h5,7-10,14,19-22,24H,3-4,6,11-13,15-16H2,1-2H3/t19-,20-,21+,22-/m1/s1.